The van der Waals surface area contributed by atoms with Crippen LogP contribution in [0.2, 0.25) is 0 Å². The number of halogens is 1. The first-order chi connectivity index (χ1) is 6.63. The Kier molecular flexibility index (Phi) is 3.23. The van der Waals surface area contributed by atoms with E-state index in [4.69, 9.17) is 5.11 Å². The van der Waals surface area contributed by atoms with Crippen molar-refractivity contribution in [2.75, 3.05) is 7.11 Å². The zero-order valence-electron chi connectivity index (χ0n) is 7.53. The van der Waals surface area contributed by atoms with E-state index in [0.717, 1.165) is 6.07 Å². The zero-order chi connectivity index (χ0) is 10.6. The lowest BCUT2D eigenvalue weighted by atomic mass is 10.2. The molecule has 1 aromatic rings. The Hall–Kier alpha value is -1.84. The molecule has 0 aliphatic carbocycles. The summed E-state index contributed by atoms with van der Waals surface area (Å²) in [6, 6.07) is 3.82. The first-order valence-corrected chi connectivity index (χ1v) is 3.88. The van der Waals surface area contributed by atoms with E-state index >= 15 is 0 Å². The lowest BCUT2D eigenvalue weighted by Crippen LogP contribution is -1.93. The number of phenolic OH excluding ortho intramolecular Hbond substituents is 1. The largest absolute Gasteiger partial charge is 0.505 e. The molecule has 0 spiro atoms. The fourth-order valence-electron chi connectivity index (χ4n) is 0.859. The van der Waals surface area contributed by atoms with E-state index in [0.29, 0.717) is 5.56 Å². The van der Waals surface area contributed by atoms with Crippen molar-refractivity contribution in [1.82, 2.24) is 0 Å². The van der Waals surface area contributed by atoms with E-state index in [2.05, 4.69) is 4.74 Å². The number of benzene rings is 1. The van der Waals surface area contributed by atoms with Crippen molar-refractivity contribution in [2.24, 2.45) is 0 Å². The summed E-state index contributed by atoms with van der Waals surface area (Å²) in [6.07, 6.45) is 2.57. The van der Waals surface area contributed by atoms with Crippen LogP contribution in [0.5, 0.6) is 5.75 Å². The van der Waals surface area contributed by atoms with Gasteiger partial charge in [-0.15, -0.1) is 0 Å². The number of ether oxygens (including phenoxy) is 1. The van der Waals surface area contributed by atoms with Gasteiger partial charge < -0.3 is 9.84 Å². The van der Waals surface area contributed by atoms with Gasteiger partial charge in [-0.2, -0.15) is 0 Å². The molecule has 0 heterocycles. The second-order valence-electron chi connectivity index (χ2n) is 2.57. The number of esters is 1. The van der Waals surface area contributed by atoms with Gasteiger partial charge >= 0.3 is 5.97 Å². The van der Waals surface area contributed by atoms with E-state index in [-0.39, 0.29) is 0 Å². The highest BCUT2D eigenvalue weighted by Gasteiger charge is 1.99. The van der Waals surface area contributed by atoms with Gasteiger partial charge in [-0.25, -0.2) is 9.18 Å². The Bertz CT molecular complexity index is 372. The summed E-state index contributed by atoms with van der Waals surface area (Å²) in [6.45, 7) is 0. The molecule has 0 saturated carbocycles. The molecular formula is C10H9FO3. The van der Waals surface area contributed by atoms with Crippen LogP contribution < -0.4 is 0 Å². The SMILES string of the molecule is COC(=O)/C=C\c1ccc(O)c(F)c1. The van der Waals surface area contributed by atoms with Crippen LogP contribution in [0.4, 0.5) is 4.39 Å². The van der Waals surface area contributed by atoms with Crippen molar-refractivity contribution in [1.29, 1.82) is 0 Å². The highest BCUT2D eigenvalue weighted by molar-refractivity contribution is 5.86. The van der Waals surface area contributed by atoms with Crippen molar-refractivity contribution in [3.63, 3.8) is 0 Å². The van der Waals surface area contributed by atoms with E-state index < -0.39 is 17.5 Å². The number of carbonyl (C=O) groups excluding carboxylic acids is 1. The maximum absolute atomic E-state index is 12.8. The minimum absolute atomic E-state index is 0.416. The van der Waals surface area contributed by atoms with Crippen molar-refractivity contribution in [2.45, 2.75) is 0 Å². The molecule has 1 rings (SSSR count). The van der Waals surface area contributed by atoms with Gasteiger partial charge in [0.1, 0.15) is 0 Å². The molecule has 1 aromatic carbocycles. The van der Waals surface area contributed by atoms with Crippen LogP contribution >= 0.6 is 0 Å². The summed E-state index contributed by atoms with van der Waals surface area (Å²) in [5, 5.41) is 8.88. The molecule has 1 N–H and O–H groups in total. The molecule has 0 fully saturated rings. The number of methoxy groups -OCH3 is 1. The molecule has 3 nitrogen and oxygen atoms in total. The minimum Gasteiger partial charge on any atom is -0.505 e. The second kappa shape index (κ2) is 4.41. The molecule has 0 unspecified atom stereocenters. The van der Waals surface area contributed by atoms with E-state index in [1.807, 2.05) is 0 Å². The highest BCUT2D eigenvalue weighted by atomic mass is 19.1. The molecule has 0 aromatic heterocycles. The van der Waals surface area contributed by atoms with Gasteiger partial charge in [0.2, 0.25) is 0 Å². The molecule has 0 saturated heterocycles. The summed E-state index contributed by atoms with van der Waals surface area (Å²) in [7, 11) is 1.25. The number of hydrogen-bond donors (Lipinski definition) is 1. The van der Waals surface area contributed by atoms with Crippen molar-refractivity contribution >= 4 is 12.0 Å². The monoisotopic (exact) mass is 196 g/mol. The van der Waals surface area contributed by atoms with Gasteiger partial charge in [-0.3, -0.25) is 0 Å². The first-order valence-electron chi connectivity index (χ1n) is 3.88. The predicted molar refractivity (Wildman–Crippen MR) is 49.1 cm³/mol. The summed E-state index contributed by atoms with van der Waals surface area (Å²) >= 11 is 0. The fraction of sp³-hybridized carbons (Fsp3) is 0.100. The Balaban J connectivity index is 2.83. The summed E-state index contributed by atoms with van der Waals surface area (Å²) in [5.41, 5.74) is 0.478. The number of phenols is 1. The van der Waals surface area contributed by atoms with Gasteiger partial charge in [0.15, 0.2) is 11.6 Å². The molecule has 14 heavy (non-hydrogen) atoms. The zero-order valence-corrected chi connectivity index (χ0v) is 7.53. The van der Waals surface area contributed by atoms with E-state index in [1.165, 1.54) is 31.4 Å². The number of carbonyl (C=O) groups is 1. The smallest absolute Gasteiger partial charge is 0.330 e. The predicted octanol–water partition coefficient (Wildman–Crippen LogP) is 1.72. The van der Waals surface area contributed by atoms with Gasteiger partial charge in [0.05, 0.1) is 7.11 Å². The van der Waals surface area contributed by atoms with Crippen LogP contribution in [0.15, 0.2) is 24.3 Å². The van der Waals surface area contributed by atoms with Gasteiger partial charge in [0, 0.05) is 6.08 Å². The highest BCUT2D eigenvalue weighted by Crippen LogP contribution is 2.16. The van der Waals surface area contributed by atoms with Crippen LogP contribution in [0.1, 0.15) is 5.56 Å². The molecular weight excluding hydrogens is 187 g/mol. The average Bonchev–Trinajstić information content (AvgIpc) is 2.19. The average molecular weight is 196 g/mol. The number of hydrogen-bond acceptors (Lipinski definition) is 3. The lowest BCUT2D eigenvalue weighted by Gasteiger charge is -1.96. The molecule has 4 heteroatoms. The molecule has 0 bridgehead atoms. The van der Waals surface area contributed by atoms with Crippen LogP contribution in [0, 0.1) is 5.82 Å². The third kappa shape index (κ3) is 2.58. The summed E-state index contributed by atoms with van der Waals surface area (Å²) in [5.74, 6) is -1.66. The minimum atomic E-state index is -0.725. The van der Waals surface area contributed by atoms with Crippen LogP contribution in [-0.4, -0.2) is 18.2 Å². The maximum Gasteiger partial charge on any atom is 0.330 e. The third-order valence-electron chi connectivity index (χ3n) is 1.58. The van der Waals surface area contributed by atoms with Crippen LogP contribution in [-0.2, 0) is 9.53 Å². The van der Waals surface area contributed by atoms with Gasteiger partial charge in [0.25, 0.3) is 0 Å². The standard InChI is InChI=1S/C10H9FO3/c1-14-10(13)5-3-7-2-4-9(12)8(11)6-7/h2-6,12H,1H3/b5-3-. The van der Waals surface area contributed by atoms with Crippen LogP contribution in [0.3, 0.4) is 0 Å². The Morgan fingerprint density at radius 3 is 2.86 bits per heavy atom. The topological polar surface area (TPSA) is 46.5 Å². The number of aromatic hydroxyl groups is 1. The lowest BCUT2D eigenvalue weighted by molar-refractivity contribution is -0.134. The Morgan fingerprint density at radius 1 is 1.57 bits per heavy atom. The number of rotatable bonds is 2. The normalized spacial score (nSPS) is 10.4. The van der Waals surface area contributed by atoms with Crippen molar-refractivity contribution in [3.05, 3.63) is 35.7 Å². The maximum atomic E-state index is 12.8. The van der Waals surface area contributed by atoms with Crippen molar-refractivity contribution < 1.29 is 19.0 Å². The third-order valence-corrected chi connectivity index (χ3v) is 1.58. The van der Waals surface area contributed by atoms with Gasteiger partial charge in [-0.05, 0) is 23.8 Å². The molecule has 0 aliphatic heterocycles. The molecule has 0 radical (unpaired) electrons. The molecule has 0 atom stereocenters. The molecule has 0 amide bonds. The van der Waals surface area contributed by atoms with E-state index in [1.54, 1.807) is 0 Å². The second-order valence-corrected chi connectivity index (χ2v) is 2.57. The van der Waals surface area contributed by atoms with E-state index in [9.17, 15) is 9.18 Å². The summed E-state index contributed by atoms with van der Waals surface area (Å²) < 4.78 is 17.1. The Morgan fingerprint density at radius 2 is 2.29 bits per heavy atom. The van der Waals surface area contributed by atoms with Crippen LogP contribution in [0.25, 0.3) is 6.08 Å². The van der Waals surface area contributed by atoms with Crippen molar-refractivity contribution in [3.8, 4) is 5.75 Å². The fourth-order valence-corrected chi connectivity index (χ4v) is 0.859. The quantitative estimate of drug-likeness (QED) is 0.578. The van der Waals surface area contributed by atoms with Gasteiger partial charge in [-0.1, -0.05) is 6.07 Å². The molecule has 74 valence electrons. The first kappa shape index (κ1) is 10.2. The molecule has 0 aliphatic rings. The summed E-state index contributed by atoms with van der Waals surface area (Å²) in [4.78, 5) is 10.7. The Labute approximate surface area is 80.4 Å².